The van der Waals surface area contributed by atoms with Crippen molar-refractivity contribution in [3.63, 3.8) is 0 Å². The summed E-state index contributed by atoms with van der Waals surface area (Å²) in [6.07, 6.45) is 0.873. The summed E-state index contributed by atoms with van der Waals surface area (Å²) in [6, 6.07) is 7.38. The molecule has 1 unspecified atom stereocenters. The van der Waals surface area contributed by atoms with E-state index in [-0.39, 0.29) is 24.1 Å². The van der Waals surface area contributed by atoms with Gasteiger partial charge in [-0.3, -0.25) is 9.69 Å². The van der Waals surface area contributed by atoms with Crippen molar-refractivity contribution in [1.29, 1.82) is 0 Å². The third-order valence-electron chi connectivity index (χ3n) is 5.09. The van der Waals surface area contributed by atoms with Crippen molar-refractivity contribution in [2.75, 3.05) is 32.8 Å². The number of aryl methyl sites for hydroxylation is 1. The molecule has 2 heterocycles. The minimum atomic E-state index is -0.578. The minimum absolute atomic E-state index is 0.123. The lowest BCUT2D eigenvalue weighted by Crippen LogP contribution is -2.53. The average Bonchev–Trinajstić information content (AvgIpc) is 2.63. The molecule has 1 saturated heterocycles. The van der Waals surface area contributed by atoms with Crippen LogP contribution in [-0.2, 0) is 0 Å². The van der Waals surface area contributed by atoms with E-state index in [0.717, 1.165) is 11.8 Å². The first-order valence-electron chi connectivity index (χ1n) is 8.73. The molecule has 1 N–H and O–H groups in total. The summed E-state index contributed by atoms with van der Waals surface area (Å²) in [5, 5.41) is 10.2. The van der Waals surface area contributed by atoms with E-state index < -0.39 is 5.63 Å². The number of rotatable bonds is 4. The summed E-state index contributed by atoms with van der Waals surface area (Å²) in [6.45, 7) is 6.44. The molecule has 1 atom stereocenters. The van der Waals surface area contributed by atoms with Crippen LogP contribution in [0.15, 0.2) is 33.5 Å². The first kappa shape index (κ1) is 17.6. The smallest absolute Gasteiger partial charge is 0.349 e. The Morgan fingerprint density at radius 3 is 2.56 bits per heavy atom. The molecule has 134 valence electrons. The molecule has 0 bridgehead atoms. The average molecular weight is 344 g/mol. The van der Waals surface area contributed by atoms with Crippen molar-refractivity contribution in [3.05, 3.63) is 45.8 Å². The normalized spacial score (nSPS) is 17.0. The number of para-hydroxylation sites is 1. The highest BCUT2D eigenvalue weighted by Crippen LogP contribution is 2.20. The van der Waals surface area contributed by atoms with Crippen LogP contribution >= 0.6 is 0 Å². The van der Waals surface area contributed by atoms with Gasteiger partial charge in [0.05, 0.1) is 6.61 Å². The van der Waals surface area contributed by atoms with E-state index in [4.69, 9.17) is 4.42 Å². The number of aliphatic hydroxyl groups is 1. The summed E-state index contributed by atoms with van der Waals surface area (Å²) >= 11 is 0. The Bertz CT molecular complexity index is 818. The van der Waals surface area contributed by atoms with E-state index in [9.17, 15) is 14.7 Å². The lowest BCUT2D eigenvalue weighted by Gasteiger charge is -2.38. The van der Waals surface area contributed by atoms with Gasteiger partial charge in [0, 0.05) is 37.6 Å². The van der Waals surface area contributed by atoms with Gasteiger partial charge in [0.25, 0.3) is 5.91 Å². The van der Waals surface area contributed by atoms with Crippen LogP contribution in [0.4, 0.5) is 0 Å². The zero-order valence-electron chi connectivity index (χ0n) is 14.7. The van der Waals surface area contributed by atoms with Crippen molar-refractivity contribution in [2.45, 2.75) is 26.3 Å². The van der Waals surface area contributed by atoms with Gasteiger partial charge < -0.3 is 14.4 Å². The first-order chi connectivity index (χ1) is 12.1. The molecule has 1 aliphatic heterocycles. The van der Waals surface area contributed by atoms with E-state index >= 15 is 0 Å². The number of nitrogens with zero attached hydrogens (tertiary/aromatic N) is 2. The summed E-state index contributed by atoms with van der Waals surface area (Å²) in [7, 11) is 0. The van der Waals surface area contributed by atoms with Crippen LogP contribution in [0.3, 0.4) is 0 Å². The highest BCUT2D eigenvalue weighted by molar-refractivity contribution is 5.99. The van der Waals surface area contributed by atoms with Crippen LogP contribution in [0.5, 0.6) is 0 Å². The predicted molar refractivity (Wildman–Crippen MR) is 95.9 cm³/mol. The third-order valence-corrected chi connectivity index (χ3v) is 5.09. The Labute approximate surface area is 146 Å². The van der Waals surface area contributed by atoms with Gasteiger partial charge in [-0.15, -0.1) is 0 Å². The van der Waals surface area contributed by atoms with Crippen LogP contribution in [0.25, 0.3) is 11.0 Å². The quantitative estimate of drug-likeness (QED) is 0.854. The molecule has 25 heavy (non-hydrogen) atoms. The summed E-state index contributed by atoms with van der Waals surface area (Å²) in [5.41, 5.74) is 0.716. The van der Waals surface area contributed by atoms with Crippen LogP contribution in [-0.4, -0.2) is 59.6 Å². The second kappa shape index (κ2) is 7.37. The summed E-state index contributed by atoms with van der Waals surface area (Å²) in [5.74, 6) is -0.270. The molecular formula is C19H24N2O4. The van der Waals surface area contributed by atoms with Gasteiger partial charge >= 0.3 is 5.63 Å². The molecule has 1 aliphatic rings. The van der Waals surface area contributed by atoms with E-state index in [1.54, 1.807) is 24.0 Å². The number of benzene rings is 1. The lowest BCUT2D eigenvalue weighted by molar-refractivity contribution is 0.0469. The van der Waals surface area contributed by atoms with E-state index in [1.165, 1.54) is 0 Å². The van der Waals surface area contributed by atoms with Crippen molar-refractivity contribution in [3.8, 4) is 0 Å². The number of carbonyl (C=O) groups is 1. The second-order valence-corrected chi connectivity index (χ2v) is 6.46. The Hall–Kier alpha value is -2.18. The standard InChI is InChI=1S/C19H24N2O4/c1-3-14(12-22)20-8-10-21(11-9-20)18(23)17-13(2)15-6-4-5-7-16(15)25-19(17)24/h4-7,14,22H,3,8-12H2,1-2H3. The van der Waals surface area contributed by atoms with Gasteiger partial charge in [-0.05, 0) is 25.0 Å². The molecule has 0 radical (unpaired) electrons. The molecule has 1 amide bonds. The topological polar surface area (TPSA) is 74.0 Å². The van der Waals surface area contributed by atoms with Crippen LogP contribution in [0, 0.1) is 6.92 Å². The Balaban J connectivity index is 1.83. The number of hydrogen-bond donors (Lipinski definition) is 1. The number of aliphatic hydroxyl groups excluding tert-OH is 1. The Morgan fingerprint density at radius 1 is 1.24 bits per heavy atom. The maximum Gasteiger partial charge on any atom is 0.349 e. The fourth-order valence-electron chi connectivity index (χ4n) is 3.50. The van der Waals surface area contributed by atoms with Crippen molar-refractivity contribution in [2.24, 2.45) is 0 Å². The van der Waals surface area contributed by atoms with Crippen molar-refractivity contribution < 1.29 is 14.3 Å². The molecule has 1 aromatic carbocycles. The van der Waals surface area contributed by atoms with Gasteiger partial charge in [0.2, 0.25) is 0 Å². The monoisotopic (exact) mass is 344 g/mol. The maximum absolute atomic E-state index is 12.9. The SMILES string of the molecule is CCC(CO)N1CCN(C(=O)c2c(C)c3ccccc3oc2=O)CC1. The highest BCUT2D eigenvalue weighted by atomic mass is 16.4. The van der Waals surface area contributed by atoms with Crippen molar-refractivity contribution in [1.82, 2.24) is 9.80 Å². The third kappa shape index (κ3) is 3.32. The van der Waals surface area contributed by atoms with E-state index in [2.05, 4.69) is 4.90 Å². The van der Waals surface area contributed by atoms with Gasteiger partial charge in [-0.1, -0.05) is 25.1 Å². The molecular weight excluding hydrogens is 320 g/mol. The molecule has 0 aliphatic carbocycles. The zero-order valence-corrected chi connectivity index (χ0v) is 14.7. The second-order valence-electron chi connectivity index (χ2n) is 6.46. The summed E-state index contributed by atoms with van der Waals surface area (Å²) < 4.78 is 5.33. The van der Waals surface area contributed by atoms with Gasteiger partial charge in [-0.25, -0.2) is 4.79 Å². The number of piperazine rings is 1. The number of fused-ring (bicyclic) bond motifs is 1. The fraction of sp³-hybridized carbons (Fsp3) is 0.474. The summed E-state index contributed by atoms with van der Waals surface area (Å²) in [4.78, 5) is 29.1. The molecule has 6 heteroatoms. The molecule has 1 fully saturated rings. The van der Waals surface area contributed by atoms with Crippen LogP contribution in [0.2, 0.25) is 0 Å². The number of hydrogen-bond acceptors (Lipinski definition) is 5. The molecule has 6 nitrogen and oxygen atoms in total. The number of carbonyl (C=O) groups excluding carboxylic acids is 1. The zero-order chi connectivity index (χ0) is 18.0. The van der Waals surface area contributed by atoms with E-state index in [1.807, 2.05) is 19.1 Å². The Kier molecular flexibility index (Phi) is 5.20. The highest BCUT2D eigenvalue weighted by Gasteiger charge is 2.28. The van der Waals surface area contributed by atoms with Crippen LogP contribution < -0.4 is 5.63 Å². The largest absolute Gasteiger partial charge is 0.422 e. The van der Waals surface area contributed by atoms with E-state index in [0.29, 0.717) is 37.3 Å². The maximum atomic E-state index is 12.9. The molecule has 2 aromatic rings. The van der Waals surface area contributed by atoms with Crippen LogP contribution in [0.1, 0.15) is 29.3 Å². The fourth-order valence-corrected chi connectivity index (χ4v) is 3.50. The first-order valence-corrected chi connectivity index (χ1v) is 8.73. The van der Waals surface area contributed by atoms with Gasteiger partial charge in [0.1, 0.15) is 11.1 Å². The molecule has 0 saturated carbocycles. The molecule has 1 aromatic heterocycles. The van der Waals surface area contributed by atoms with Gasteiger partial charge in [0.15, 0.2) is 0 Å². The molecule has 0 spiro atoms. The predicted octanol–water partition coefficient (Wildman–Crippen LogP) is 1.63. The lowest BCUT2D eigenvalue weighted by atomic mass is 10.0. The van der Waals surface area contributed by atoms with Gasteiger partial charge in [-0.2, -0.15) is 0 Å². The Morgan fingerprint density at radius 2 is 1.92 bits per heavy atom. The molecule has 3 rings (SSSR count). The van der Waals surface area contributed by atoms with Crippen molar-refractivity contribution >= 4 is 16.9 Å². The minimum Gasteiger partial charge on any atom is -0.422 e. The number of amides is 1.